The second-order valence-electron chi connectivity index (χ2n) is 3.07. The molecule has 0 heterocycles. The molecule has 0 spiro atoms. The van der Waals surface area contributed by atoms with Crippen LogP contribution in [0.4, 0.5) is 0 Å². The Labute approximate surface area is 95.6 Å². The zero-order valence-corrected chi connectivity index (χ0v) is 10.0. The van der Waals surface area contributed by atoms with E-state index in [1.54, 1.807) is 14.2 Å². The minimum atomic E-state index is -0.179. The van der Waals surface area contributed by atoms with Gasteiger partial charge in [0, 0.05) is 27.1 Å². The van der Waals surface area contributed by atoms with Crippen LogP contribution in [0.1, 0.15) is 6.42 Å². The van der Waals surface area contributed by atoms with Gasteiger partial charge in [0.15, 0.2) is 0 Å². The predicted molar refractivity (Wildman–Crippen MR) is 61.0 cm³/mol. The molecule has 0 aromatic rings. The van der Waals surface area contributed by atoms with Gasteiger partial charge in [-0.25, -0.2) is 0 Å². The molecular weight excluding hydrogens is 216 g/mol. The van der Waals surface area contributed by atoms with Crippen molar-refractivity contribution < 1.29 is 14.3 Å². The monoisotopic (exact) mass is 234 g/mol. The second-order valence-corrected chi connectivity index (χ2v) is 3.51. The van der Waals surface area contributed by atoms with Gasteiger partial charge in [0.25, 0.3) is 0 Å². The van der Waals surface area contributed by atoms with Gasteiger partial charge in [-0.05, 0) is 5.75 Å². The first-order valence-electron chi connectivity index (χ1n) is 4.72. The van der Waals surface area contributed by atoms with Crippen LogP contribution in [0.25, 0.3) is 0 Å². The Morgan fingerprint density at radius 1 is 1.47 bits per heavy atom. The lowest BCUT2D eigenvalue weighted by molar-refractivity contribution is -0.134. The molecule has 0 aliphatic carbocycles. The van der Waals surface area contributed by atoms with Gasteiger partial charge in [-0.3, -0.25) is 9.59 Å². The van der Waals surface area contributed by atoms with E-state index in [-0.39, 0.29) is 18.4 Å². The van der Waals surface area contributed by atoms with Crippen molar-refractivity contribution in [1.29, 1.82) is 0 Å². The summed E-state index contributed by atoms with van der Waals surface area (Å²) in [5, 5.41) is 2.63. The third kappa shape index (κ3) is 7.21. The van der Waals surface area contributed by atoms with Gasteiger partial charge in [0.1, 0.15) is 0 Å². The SMILES string of the molecule is COCCNC(=O)CN(C)C(=O)CCS. The Morgan fingerprint density at radius 3 is 2.67 bits per heavy atom. The topological polar surface area (TPSA) is 58.6 Å². The van der Waals surface area contributed by atoms with Gasteiger partial charge in [0.05, 0.1) is 13.2 Å². The third-order valence-corrected chi connectivity index (χ3v) is 1.98. The van der Waals surface area contributed by atoms with E-state index in [1.165, 1.54) is 4.90 Å². The maximum absolute atomic E-state index is 11.3. The lowest BCUT2D eigenvalue weighted by Gasteiger charge is -2.16. The van der Waals surface area contributed by atoms with Crippen molar-refractivity contribution in [2.24, 2.45) is 0 Å². The first-order valence-corrected chi connectivity index (χ1v) is 5.35. The van der Waals surface area contributed by atoms with E-state index in [0.29, 0.717) is 25.3 Å². The summed E-state index contributed by atoms with van der Waals surface area (Å²) < 4.78 is 4.78. The zero-order valence-electron chi connectivity index (χ0n) is 9.15. The molecule has 0 aromatic carbocycles. The number of nitrogens with one attached hydrogen (secondary N) is 1. The van der Waals surface area contributed by atoms with Crippen LogP contribution >= 0.6 is 12.6 Å². The highest BCUT2D eigenvalue weighted by Crippen LogP contribution is 1.92. The summed E-state index contributed by atoms with van der Waals surface area (Å²) in [6.07, 6.45) is 0.352. The lowest BCUT2D eigenvalue weighted by atomic mass is 10.4. The van der Waals surface area contributed by atoms with Crippen LogP contribution < -0.4 is 5.32 Å². The van der Waals surface area contributed by atoms with Crippen molar-refractivity contribution in [3.05, 3.63) is 0 Å². The number of carbonyl (C=O) groups excluding carboxylic acids is 2. The van der Waals surface area contributed by atoms with E-state index in [2.05, 4.69) is 17.9 Å². The number of hydrogen-bond acceptors (Lipinski definition) is 4. The summed E-state index contributed by atoms with van der Waals surface area (Å²) in [6, 6.07) is 0. The van der Waals surface area contributed by atoms with Crippen molar-refractivity contribution in [1.82, 2.24) is 10.2 Å². The number of amides is 2. The number of likely N-dealkylation sites (N-methyl/N-ethyl adjacent to an activating group) is 1. The molecule has 0 saturated carbocycles. The summed E-state index contributed by atoms with van der Waals surface area (Å²) in [6.45, 7) is 1.01. The van der Waals surface area contributed by atoms with Crippen LogP contribution in [0.5, 0.6) is 0 Å². The normalized spacial score (nSPS) is 9.80. The number of ether oxygens (including phenoxy) is 1. The number of methoxy groups -OCH3 is 1. The van der Waals surface area contributed by atoms with E-state index in [9.17, 15) is 9.59 Å². The standard InChI is InChI=1S/C9H18N2O3S/c1-11(9(13)3-6-15)7-8(12)10-4-5-14-2/h15H,3-7H2,1-2H3,(H,10,12). The molecular formula is C9H18N2O3S. The number of carbonyl (C=O) groups is 2. The van der Waals surface area contributed by atoms with Crippen LogP contribution in [-0.4, -0.2) is 56.3 Å². The van der Waals surface area contributed by atoms with Gasteiger partial charge in [-0.15, -0.1) is 0 Å². The minimum absolute atomic E-state index is 0.0770. The Kier molecular flexibility index (Phi) is 8.12. The first kappa shape index (κ1) is 14.2. The number of nitrogens with zero attached hydrogens (tertiary/aromatic N) is 1. The summed E-state index contributed by atoms with van der Waals surface area (Å²) in [7, 11) is 3.16. The smallest absolute Gasteiger partial charge is 0.239 e. The highest BCUT2D eigenvalue weighted by molar-refractivity contribution is 7.80. The fraction of sp³-hybridized carbons (Fsp3) is 0.778. The Balaban J connectivity index is 3.70. The van der Waals surface area contributed by atoms with Crippen molar-refractivity contribution in [3.8, 4) is 0 Å². The number of hydrogen-bond donors (Lipinski definition) is 2. The van der Waals surface area contributed by atoms with E-state index in [1.807, 2.05) is 0 Å². The second kappa shape index (κ2) is 8.55. The molecule has 6 heteroatoms. The molecule has 0 fully saturated rings. The van der Waals surface area contributed by atoms with Gasteiger partial charge < -0.3 is 15.0 Å². The molecule has 1 N–H and O–H groups in total. The molecule has 0 saturated heterocycles. The Morgan fingerprint density at radius 2 is 2.13 bits per heavy atom. The fourth-order valence-electron chi connectivity index (χ4n) is 0.939. The molecule has 0 radical (unpaired) electrons. The Bertz CT molecular complexity index is 212. The van der Waals surface area contributed by atoms with Crippen LogP contribution in [0, 0.1) is 0 Å². The highest BCUT2D eigenvalue weighted by Gasteiger charge is 2.11. The van der Waals surface area contributed by atoms with Crippen LogP contribution in [-0.2, 0) is 14.3 Å². The van der Waals surface area contributed by atoms with E-state index < -0.39 is 0 Å². The Hall–Kier alpha value is -0.750. The molecule has 0 rings (SSSR count). The molecule has 2 amide bonds. The van der Waals surface area contributed by atoms with Crippen molar-refractivity contribution in [2.75, 3.05) is 39.6 Å². The molecule has 0 aromatic heterocycles. The van der Waals surface area contributed by atoms with Crippen LogP contribution in [0.3, 0.4) is 0 Å². The van der Waals surface area contributed by atoms with Gasteiger partial charge in [-0.2, -0.15) is 12.6 Å². The third-order valence-electron chi connectivity index (χ3n) is 1.76. The largest absolute Gasteiger partial charge is 0.383 e. The van der Waals surface area contributed by atoms with Crippen LogP contribution in [0.15, 0.2) is 0 Å². The van der Waals surface area contributed by atoms with E-state index in [4.69, 9.17) is 4.74 Å². The summed E-state index contributed by atoms with van der Waals surface area (Å²) in [5.41, 5.74) is 0. The number of rotatable bonds is 7. The summed E-state index contributed by atoms with van der Waals surface area (Å²) in [5.74, 6) is 0.239. The molecule has 0 aliphatic rings. The quantitative estimate of drug-likeness (QED) is 0.462. The van der Waals surface area contributed by atoms with E-state index >= 15 is 0 Å². The van der Waals surface area contributed by atoms with Gasteiger partial charge in [0.2, 0.25) is 11.8 Å². The van der Waals surface area contributed by atoms with Crippen LogP contribution in [0.2, 0.25) is 0 Å². The molecule has 5 nitrogen and oxygen atoms in total. The van der Waals surface area contributed by atoms with Crippen molar-refractivity contribution in [2.45, 2.75) is 6.42 Å². The fourth-order valence-corrected chi connectivity index (χ4v) is 1.13. The van der Waals surface area contributed by atoms with Crippen molar-refractivity contribution in [3.63, 3.8) is 0 Å². The van der Waals surface area contributed by atoms with E-state index in [0.717, 1.165) is 0 Å². The summed E-state index contributed by atoms with van der Waals surface area (Å²) >= 11 is 3.95. The first-order chi connectivity index (χ1) is 7.11. The van der Waals surface area contributed by atoms with Crippen molar-refractivity contribution >= 4 is 24.4 Å². The maximum Gasteiger partial charge on any atom is 0.239 e. The van der Waals surface area contributed by atoms with Gasteiger partial charge >= 0.3 is 0 Å². The lowest BCUT2D eigenvalue weighted by Crippen LogP contribution is -2.39. The highest BCUT2D eigenvalue weighted by atomic mass is 32.1. The average molecular weight is 234 g/mol. The minimum Gasteiger partial charge on any atom is -0.383 e. The van der Waals surface area contributed by atoms with Gasteiger partial charge in [-0.1, -0.05) is 0 Å². The number of thiol groups is 1. The maximum atomic E-state index is 11.3. The predicted octanol–water partition coefficient (Wildman–Crippen LogP) is -0.473. The molecule has 88 valence electrons. The molecule has 15 heavy (non-hydrogen) atoms. The average Bonchev–Trinajstić information content (AvgIpc) is 2.18. The molecule has 0 atom stereocenters. The summed E-state index contributed by atoms with van der Waals surface area (Å²) in [4.78, 5) is 23.9. The molecule has 0 bridgehead atoms. The molecule has 0 unspecified atom stereocenters. The zero-order chi connectivity index (χ0) is 11.7. The molecule has 0 aliphatic heterocycles.